The fourth-order valence-corrected chi connectivity index (χ4v) is 4.56. The molecular formula is C29H32F2N4O5. The molecule has 3 N–H and O–H groups in total. The molecule has 0 saturated heterocycles. The van der Waals surface area contributed by atoms with Gasteiger partial charge in [-0.05, 0) is 60.6 Å². The van der Waals surface area contributed by atoms with E-state index in [4.69, 9.17) is 0 Å². The van der Waals surface area contributed by atoms with Crippen LogP contribution in [0.4, 0.5) is 8.78 Å². The van der Waals surface area contributed by atoms with Crippen LogP contribution in [-0.4, -0.2) is 38.5 Å². The third kappa shape index (κ3) is 6.96. The number of rotatable bonds is 10. The smallest absolute Gasteiger partial charge is 0.305 e. The van der Waals surface area contributed by atoms with Crippen molar-refractivity contribution in [3.8, 4) is 11.1 Å². The van der Waals surface area contributed by atoms with Crippen LogP contribution in [0.2, 0.25) is 0 Å². The Labute approximate surface area is 230 Å². The highest BCUT2D eigenvalue weighted by Gasteiger charge is 2.30. The van der Waals surface area contributed by atoms with Crippen LogP contribution in [-0.2, 0) is 16.6 Å². The molecule has 212 valence electrons. The lowest BCUT2D eigenvalue weighted by molar-refractivity contribution is -0.137. The van der Waals surface area contributed by atoms with Crippen LogP contribution >= 0.6 is 0 Å². The molecule has 2 amide bonds. The number of nitrogens with zero attached hydrogens (tertiary/aromatic N) is 2. The number of halogens is 2. The molecule has 0 aliphatic carbocycles. The van der Waals surface area contributed by atoms with Crippen molar-refractivity contribution in [2.45, 2.75) is 52.6 Å². The van der Waals surface area contributed by atoms with E-state index in [0.717, 1.165) is 28.0 Å². The Morgan fingerprint density at radius 3 is 2.33 bits per heavy atom. The van der Waals surface area contributed by atoms with Gasteiger partial charge < -0.3 is 20.3 Å². The number of carboxylic acid groups (broad SMARTS) is 1. The minimum Gasteiger partial charge on any atom is -0.481 e. The number of carbonyl (C=O) groups excluding carboxylic acids is 2. The molecule has 0 aliphatic heterocycles. The number of hydrogen-bond acceptors (Lipinski definition) is 5. The molecule has 0 bridgehead atoms. The zero-order valence-electron chi connectivity index (χ0n) is 22.9. The molecule has 11 heteroatoms. The largest absolute Gasteiger partial charge is 0.481 e. The van der Waals surface area contributed by atoms with Crippen molar-refractivity contribution in [2.75, 3.05) is 0 Å². The summed E-state index contributed by atoms with van der Waals surface area (Å²) in [6, 6.07) is 5.15. The molecule has 1 heterocycles. The minimum atomic E-state index is -1.46. The molecule has 1 aromatic heterocycles. The van der Waals surface area contributed by atoms with Crippen molar-refractivity contribution >= 4 is 17.8 Å². The minimum absolute atomic E-state index is 0.104. The van der Waals surface area contributed by atoms with E-state index >= 15 is 4.39 Å². The van der Waals surface area contributed by atoms with Gasteiger partial charge in [0, 0.05) is 18.8 Å². The number of carbonyl (C=O) groups is 3. The van der Waals surface area contributed by atoms with E-state index in [-0.39, 0.29) is 23.5 Å². The number of aryl methyl sites for hydroxylation is 3. The average Bonchev–Trinajstić information content (AvgIpc) is 2.86. The van der Waals surface area contributed by atoms with Gasteiger partial charge in [0.05, 0.1) is 18.8 Å². The molecular weight excluding hydrogens is 522 g/mol. The molecule has 0 fully saturated rings. The summed E-state index contributed by atoms with van der Waals surface area (Å²) in [6.45, 7) is 7.23. The van der Waals surface area contributed by atoms with E-state index in [0.29, 0.717) is 11.1 Å². The molecule has 40 heavy (non-hydrogen) atoms. The van der Waals surface area contributed by atoms with E-state index in [1.165, 1.54) is 19.4 Å². The molecule has 0 unspecified atom stereocenters. The Bertz CT molecular complexity index is 1480. The van der Waals surface area contributed by atoms with Gasteiger partial charge in [0.25, 0.3) is 11.5 Å². The lowest BCUT2D eigenvalue weighted by atomic mass is 9.92. The van der Waals surface area contributed by atoms with Crippen LogP contribution in [0, 0.1) is 31.4 Å². The summed E-state index contributed by atoms with van der Waals surface area (Å²) < 4.78 is 31.1. The Morgan fingerprint density at radius 2 is 1.73 bits per heavy atom. The highest BCUT2D eigenvalue weighted by molar-refractivity contribution is 5.97. The third-order valence-electron chi connectivity index (χ3n) is 6.46. The van der Waals surface area contributed by atoms with Gasteiger partial charge in [-0.3, -0.25) is 19.2 Å². The van der Waals surface area contributed by atoms with Gasteiger partial charge in [-0.15, -0.1) is 0 Å². The zero-order chi connectivity index (χ0) is 29.7. The average molecular weight is 555 g/mol. The summed E-state index contributed by atoms with van der Waals surface area (Å²) in [5.41, 5.74) is 1.33. The van der Waals surface area contributed by atoms with Crippen molar-refractivity contribution in [1.29, 1.82) is 0 Å². The Balaban J connectivity index is 2.00. The van der Waals surface area contributed by atoms with Gasteiger partial charge in [0.2, 0.25) is 5.91 Å². The lowest BCUT2D eigenvalue weighted by Gasteiger charge is -2.25. The second kappa shape index (κ2) is 12.6. The van der Waals surface area contributed by atoms with Crippen molar-refractivity contribution in [3.63, 3.8) is 0 Å². The van der Waals surface area contributed by atoms with E-state index in [1.54, 1.807) is 13.8 Å². The fraction of sp³-hybridized carbons (Fsp3) is 0.345. The van der Waals surface area contributed by atoms with Crippen LogP contribution in [0.3, 0.4) is 0 Å². The van der Waals surface area contributed by atoms with Gasteiger partial charge in [0.15, 0.2) is 11.6 Å². The maximum absolute atomic E-state index is 15.1. The first-order chi connectivity index (χ1) is 18.8. The number of aliphatic carboxylic acids is 1. The lowest BCUT2D eigenvalue weighted by Crippen LogP contribution is -2.49. The normalized spacial score (nSPS) is 12.6. The van der Waals surface area contributed by atoms with Crippen molar-refractivity contribution < 1.29 is 28.3 Å². The number of benzene rings is 2. The summed E-state index contributed by atoms with van der Waals surface area (Å²) in [5, 5.41) is 14.5. The molecule has 9 nitrogen and oxygen atoms in total. The zero-order valence-corrected chi connectivity index (χ0v) is 22.9. The number of aromatic nitrogens is 2. The fourth-order valence-electron chi connectivity index (χ4n) is 4.56. The SMILES string of the molecule is Cc1cccc(C)c1-c1cc(F)c(F)c([C@H](CC(=O)O)NC(=O)[C@H](CC(C)C)NC(=O)c2cncn(C)c2=O)c1. The highest BCUT2D eigenvalue weighted by Crippen LogP contribution is 2.33. The second-order valence-corrected chi connectivity index (χ2v) is 10.2. The third-order valence-corrected chi connectivity index (χ3v) is 6.46. The van der Waals surface area contributed by atoms with E-state index < -0.39 is 53.5 Å². The topological polar surface area (TPSA) is 130 Å². The molecule has 3 aromatic rings. The van der Waals surface area contributed by atoms with Gasteiger partial charge >= 0.3 is 5.97 Å². The number of amides is 2. The van der Waals surface area contributed by atoms with E-state index in [9.17, 15) is 28.7 Å². The van der Waals surface area contributed by atoms with Crippen LogP contribution in [0.25, 0.3) is 11.1 Å². The predicted molar refractivity (Wildman–Crippen MR) is 145 cm³/mol. The van der Waals surface area contributed by atoms with Crippen LogP contribution in [0.5, 0.6) is 0 Å². The Hall–Kier alpha value is -4.41. The van der Waals surface area contributed by atoms with Gasteiger partial charge in [-0.2, -0.15) is 0 Å². The maximum Gasteiger partial charge on any atom is 0.305 e. The second-order valence-electron chi connectivity index (χ2n) is 10.2. The van der Waals surface area contributed by atoms with Crippen molar-refractivity contribution in [2.24, 2.45) is 13.0 Å². The first-order valence-electron chi connectivity index (χ1n) is 12.7. The van der Waals surface area contributed by atoms with Gasteiger partial charge in [-0.25, -0.2) is 13.8 Å². The predicted octanol–water partition coefficient (Wildman–Crippen LogP) is 3.82. The molecule has 0 saturated carbocycles. The van der Waals surface area contributed by atoms with Crippen LogP contribution in [0.1, 0.15) is 59.8 Å². The molecule has 0 aliphatic rings. The molecule has 2 aromatic carbocycles. The maximum atomic E-state index is 15.1. The van der Waals surface area contributed by atoms with E-state index in [2.05, 4.69) is 15.6 Å². The summed E-state index contributed by atoms with van der Waals surface area (Å²) in [6.07, 6.45) is 1.68. The summed E-state index contributed by atoms with van der Waals surface area (Å²) in [7, 11) is 1.42. The first-order valence-corrected chi connectivity index (χ1v) is 12.7. The van der Waals surface area contributed by atoms with Crippen LogP contribution < -0.4 is 16.2 Å². The quantitative estimate of drug-likeness (QED) is 0.349. The monoisotopic (exact) mass is 554 g/mol. The van der Waals surface area contributed by atoms with Crippen molar-refractivity contribution in [1.82, 2.24) is 20.2 Å². The Kier molecular flexibility index (Phi) is 9.51. The van der Waals surface area contributed by atoms with Gasteiger partial charge in [0.1, 0.15) is 11.6 Å². The molecule has 2 atom stereocenters. The van der Waals surface area contributed by atoms with Crippen molar-refractivity contribution in [3.05, 3.63) is 87.1 Å². The van der Waals surface area contributed by atoms with Crippen LogP contribution in [0.15, 0.2) is 47.7 Å². The Morgan fingerprint density at radius 1 is 1.07 bits per heavy atom. The first kappa shape index (κ1) is 30.1. The summed E-state index contributed by atoms with van der Waals surface area (Å²) in [5.74, 6) is -5.60. The number of carboxylic acids is 1. The van der Waals surface area contributed by atoms with Gasteiger partial charge in [-0.1, -0.05) is 32.0 Å². The number of nitrogens with one attached hydrogen (secondary N) is 2. The van der Waals surface area contributed by atoms with E-state index in [1.807, 2.05) is 32.0 Å². The molecule has 3 rings (SSSR count). The molecule has 0 radical (unpaired) electrons. The number of hydrogen-bond donors (Lipinski definition) is 3. The summed E-state index contributed by atoms with van der Waals surface area (Å²) >= 11 is 0. The molecule has 0 spiro atoms. The highest BCUT2D eigenvalue weighted by atomic mass is 19.2. The summed E-state index contributed by atoms with van der Waals surface area (Å²) in [4.78, 5) is 54.1. The standard InChI is InChI=1S/C29H32F2N4O5/c1-15(2)9-23(34-27(38)20-13-32-14-35(5)29(20)40)28(39)33-22(12-24(36)37)19-10-18(11-21(30)26(19)31)25-16(3)7-6-8-17(25)4/h6-8,10-11,13-15,22-23H,9,12H2,1-5H3,(H,33,39)(H,34,38)(H,36,37)/t22-,23-/m0/s1.